The van der Waals surface area contributed by atoms with Gasteiger partial charge in [-0.3, -0.25) is 4.79 Å². The third-order valence-electron chi connectivity index (χ3n) is 4.03. The lowest BCUT2D eigenvalue weighted by Crippen LogP contribution is -2.46. The van der Waals surface area contributed by atoms with Crippen LogP contribution in [-0.2, 0) is 9.53 Å². The first-order valence-electron chi connectivity index (χ1n) is 8.02. The zero-order valence-electron chi connectivity index (χ0n) is 13.3. The number of aliphatic imine (C=N–C) groups is 1. The number of hydrogen-bond acceptors (Lipinski definition) is 3. The minimum Gasteiger partial charge on any atom is -0.376 e. The quantitative estimate of drug-likeness (QED) is 0.612. The van der Waals surface area contributed by atoms with E-state index in [4.69, 9.17) is 4.74 Å². The van der Waals surface area contributed by atoms with Crippen molar-refractivity contribution in [1.82, 2.24) is 15.1 Å². The lowest BCUT2D eigenvalue weighted by atomic mass is 10.1. The molecule has 1 amide bonds. The molecule has 6 heteroatoms. The van der Waals surface area contributed by atoms with Gasteiger partial charge in [0.05, 0.1) is 6.10 Å². The number of piperidine rings is 1. The van der Waals surface area contributed by atoms with E-state index in [-0.39, 0.29) is 18.6 Å². The highest BCUT2D eigenvalue weighted by molar-refractivity contribution is 5.84. The Kier molecular flexibility index (Phi) is 6.29. The number of rotatable bonds is 4. The van der Waals surface area contributed by atoms with Gasteiger partial charge >= 0.3 is 0 Å². The van der Waals surface area contributed by atoms with Crippen molar-refractivity contribution >= 4 is 11.9 Å². The Morgan fingerprint density at radius 1 is 1.29 bits per heavy atom. The van der Waals surface area contributed by atoms with Gasteiger partial charge in [0, 0.05) is 40.3 Å². The van der Waals surface area contributed by atoms with E-state index in [1.54, 1.807) is 19.0 Å². The summed E-state index contributed by atoms with van der Waals surface area (Å²) in [5.74, 6) is 0.892. The Hall–Kier alpha value is -1.30. The molecule has 1 N–H and O–H groups in total. The van der Waals surface area contributed by atoms with Gasteiger partial charge in [-0.15, -0.1) is 0 Å². The number of carbonyl (C=O) groups excluding carboxylic acids is 1. The molecule has 0 spiro atoms. The summed E-state index contributed by atoms with van der Waals surface area (Å²) in [7, 11) is 3.52. The standard InChI is InChI=1S/C15H28N4O2/c1-18(2)14(20)12-17-15(19-8-4-3-5-9-19)16-11-13-7-6-10-21-13/h13H,3-12H2,1-2H3,(H,16,17). The number of likely N-dealkylation sites (tertiary alicyclic amines) is 1. The monoisotopic (exact) mass is 296 g/mol. The van der Waals surface area contributed by atoms with Gasteiger partial charge in [0.1, 0.15) is 6.54 Å². The van der Waals surface area contributed by atoms with Gasteiger partial charge < -0.3 is 19.9 Å². The van der Waals surface area contributed by atoms with Crippen molar-refractivity contribution in [1.29, 1.82) is 0 Å². The molecule has 6 nitrogen and oxygen atoms in total. The molecule has 2 fully saturated rings. The van der Waals surface area contributed by atoms with Gasteiger partial charge in [-0.2, -0.15) is 0 Å². The van der Waals surface area contributed by atoms with E-state index in [9.17, 15) is 4.79 Å². The van der Waals surface area contributed by atoms with Crippen LogP contribution in [0.4, 0.5) is 0 Å². The number of carbonyl (C=O) groups is 1. The van der Waals surface area contributed by atoms with Crippen molar-refractivity contribution in [3.63, 3.8) is 0 Å². The summed E-state index contributed by atoms with van der Waals surface area (Å²) in [5.41, 5.74) is 0. The number of ether oxygens (including phenoxy) is 1. The predicted molar refractivity (Wildman–Crippen MR) is 83.4 cm³/mol. The Morgan fingerprint density at radius 3 is 2.67 bits per heavy atom. The zero-order chi connectivity index (χ0) is 15.1. The molecule has 0 saturated carbocycles. The fourth-order valence-electron chi connectivity index (χ4n) is 2.67. The third-order valence-corrected chi connectivity index (χ3v) is 4.03. The molecule has 2 aliphatic rings. The maximum absolute atomic E-state index is 11.7. The Labute approximate surface area is 127 Å². The second-order valence-corrected chi connectivity index (χ2v) is 5.99. The molecule has 120 valence electrons. The average molecular weight is 296 g/mol. The maximum atomic E-state index is 11.7. The van der Waals surface area contributed by atoms with Crippen LogP contribution in [0.15, 0.2) is 4.99 Å². The SMILES string of the molecule is CN(C)C(=O)CN=C(NCC1CCCO1)N1CCCCC1. The van der Waals surface area contributed by atoms with E-state index in [2.05, 4.69) is 15.2 Å². The summed E-state index contributed by atoms with van der Waals surface area (Å²) >= 11 is 0. The van der Waals surface area contributed by atoms with E-state index >= 15 is 0 Å². The number of nitrogens with zero attached hydrogens (tertiary/aromatic N) is 3. The molecule has 0 aromatic heterocycles. The molecule has 0 radical (unpaired) electrons. The van der Waals surface area contributed by atoms with Crippen molar-refractivity contribution in [3.8, 4) is 0 Å². The van der Waals surface area contributed by atoms with Crippen LogP contribution < -0.4 is 5.32 Å². The molecule has 21 heavy (non-hydrogen) atoms. The summed E-state index contributed by atoms with van der Waals surface area (Å²) in [6.45, 7) is 3.89. The zero-order valence-corrected chi connectivity index (χ0v) is 13.3. The summed E-state index contributed by atoms with van der Waals surface area (Å²) in [5, 5.41) is 3.41. The van der Waals surface area contributed by atoms with Crippen LogP contribution in [0.5, 0.6) is 0 Å². The average Bonchev–Trinajstić information content (AvgIpc) is 3.01. The number of amides is 1. The number of likely N-dealkylation sites (N-methyl/N-ethyl adjacent to an activating group) is 1. The van der Waals surface area contributed by atoms with Crippen molar-refractivity contribution in [3.05, 3.63) is 0 Å². The Bertz CT molecular complexity index is 359. The maximum Gasteiger partial charge on any atom is 0.243 e. The minimum atomic E-state index is 0.0309. The highest BCUT2D eigenvalue weighted by Crippen LogP contribution is 2.12. The topological polar surface area (TPSA) is 57.2 Å². The van der Waals surface area contributed by atoms with Gasteiger partial charge in [0.15, 0.2) is 5.96 Å². The molecule has 2 aliphatic heterocycles. The lowest BCUT2D eigenvalue weighted by Gasteiger charge is -2.30. The van der Waals surface area contributed by atoms with Crippen molar-refractivity contribution in [2.75, 3.05) is 46.9 Å². The van der Waals surface area contributed by atoms with Crippen LogP contribution in [0.1, 0.15) is 32.1 Å². The molecular weight excluding hydrogens is 268 g/mol. The van der Waals surface area contributed by atoms with Gasteiger partial charge in [-0.1, -0.05) is 0 Å². The molecule has 0 aromatic rings. The van der Waals surface area contributed by atoms with Crippen LogP contribution in [-0.4, -0.2) is 74.7 Å². The van der Waals surface area contributed by atoms with Crippen molar-refractivity contribution < 1.29 is 9.53 Å². The summed E-state index contributed by atoms with van der Waals surface area (Å²) in [6, 6.07) is 0. The first kappa shape index (κ1) is 16.1. The van der Waals surface area contributed by atoms with Crippen LogP contribution in [0.2, 0.25) is 0 Å². The molecule has 1 atom stereocenters. The molecule has 0 bridgehead atoms. The van der Waals surface area contributed by atoms with E-state index in [0.29, 0.717) is 0 Å². The van der Waals surface area contributed by atoms with Crippen LogP contribution in [0.3, 0.4) is 0 Å². The molecular formula is C15H28N4O2. The second-order valence-electron chi connectivity index (χ2n) is 5.99. The predicted octanol–water partition coefficient (Wildman–Crippen LogP) is 0.685. The third kappa shape index (κ3) is 5.19. The van der Waals surface area contributed by atoms with Gasteiger partial charge in [0.2, 0.25) is 5.91 Å². The summed E-state index contributed by atoms with van der Waals surface area (Å²) in [4.78, 5) is 20.1. The largest absolute Gasteiger partial charge is 0.376 e. The Balaban J connectivity index is 1.91. The molecule has 0 aliphatic carbocycles. The van der Waals surface area contributed by atoms with E-state index in [1.165, 1.54) is 19.3 Å². The first-order chi connectivity index (χ1) is 10.2. The first-order valence-corrected chi connectivity index (χ1v) is 8.02. The van der Waals surface area contributed by atoms with Crippen molar-refractivity contribution in [2.45, 2.75) is 38.2 Å². The van der Waals surface area contributed by atoms with Crippen LogP contribution in [0, 0.1) is 0 Å². The van der Waals surface area contributed by atoms with E-state index in [1.807, 2.05) is 0 Å². The molecule has 2 rings (SSSR count). The molecule has 0 aromatic carbocycles. The van der Waals surface area contributed by atoms with E-state index in [0.717, 1.165) is 45.0 Å². The molecule has 2 heterocycles. The number of nitrogens with one attached hydrogen (secondary N) is 1. The van der Waals surface area contributed by atoms with Gasteiger partial charge in [-0.25, -0.2) is 4.99 Å². The van der Waals surface area contributed by atoms with Gasteiger partial charge in [0.25, 0.3) is 0 Å². The van der Waals surface area contributed by atoms with Crippen LogP contribution in [0.25, 0.3) is 0 Å². The fourth-order valence-corrected chi connectivity index (χ4v) is 2.67. The highest BCUT2D eigenvalue weighted by Gasteiger charge is 2.19. The Morgan fingerprint density at radius 2 is 2.05 bits per heavy atom. The number of hydrogen-bond donors (Lipinski definition) is 1. The van der Waals surface area contributed by atoms with Gasteiger partial charge in [-0.05, 0) is 32.1 Å². The van der Waals surface area contributed by atoms with Crippen molar-refractivity contribution in [2.24, 2.45) is 4.99 Å². The smallest absolute Gasteiger partial charge is 0.243 e. The lowest BCUT2D eigenvalue weighted by molar-refractivity contribution is -0.127. The molecule has 1 unspecified atom stereocenters. The summed E-state index contributed by atoms with van der Waals surface area (Å²) in [6.07, 6.45) is 6.21. The normalized spacial score (nSPS) is 23.2. The second kappa shape index (κ2) is 8.22. The minimum absolute atomic E-state index is 0.0309. The molecule has 2 saturated heterocycles. The van der Waals surface area contributed by atoms with Crippen LogP contribution >= 0.6 is 0 Å². The summed E-state index contributed by atoms with van der Waals surface area (Å²) < 4.78 is 5.64. The fraction of sp³-hybridized carbons (Fsp3) is 0.867. The van der Waals surface area contributed by atoms with E-state index < -0.39 is 0 Å². The highest BCUT2D eigenvalue weighted by atomic mass is 16.5. The number of guanidine groups is 1.